The summed E-state index contributed by atoms with van der Waals surface area (Å²) in [6, 6.07) is 6.63. The van der Waals surface area contributed by atoms with Crippen LogP contribution in [0.3, 0.4) is 0 Å². The van der Waals surface area contributed by atoms with Crippen LogP contribution in [0.1, 0.15) is 30.5 Å². The predicted octanol–water partition coefficient (Wildman–Crippen LogP) is 2.22. The third-order valence-electron chi connectivity index (χ3n) is 2.78. The normalized spacial score (nSPS) is 19.5. The molecule has 82 valence electrons. The van der Waals surface area contributed by atoms with Gasteiger partial charge in [0.25, 0.3) is 0 Å². The lowest BCUT2D eigenvalue weighted by Gasteiger charge is -2.26. The van der Waals surface area contributed by atoms with Gasteiger partial charge in [-0.3, -0.25) is 0 Å². The van der Waals surface area contributed by atoms with Gasteiger partial charge in [-0.1, -0.05) is 19.1 Å². The van der Waals surface area contributed by atoms with Crippen molar-refractivity contribution in [1.82, 2.24) is 5.48 Å². The monoisotopic (exact) mass is 207 g/mol. The molecule has 1 unspecified atom stereocenters. The number of aryl methyl sites for hydroxylation is 1. The van der Waals surface area contributed by atoms with Gasteiger partial charge in [0.05, 0.1) is 19.8 Å². The Balaban J connectivity index is 2.30. The maximum atomic E-state index is 5.60. The first-order valence-electron chi connectivity index (χ1n) is 5.39. The van der Waals surface area contributed by atoms with Crippen LogP contribution in [-0.2, 0) is 11.3 Å². The van der Waals surface area contributed by atoms with Gasteiger partial charge in [-0.05, 0) is 18.1 Å². The minimum Gasteiger partial charge on any atom is -0.493 e. The van der Waals surface area contributed by atoms with E-state index in [4.69, 9.17) is 9.57 Å². The van der Waals surface area contributed by atoms with Gasteiger partial charge < -0.3 is 9.57 Å². The maximum Gasteiger partial charge on any atom is 0.124 e. The fourth-order valence-corrected chi connectivity index (χ4v) is 1.93. The van der Waals surface area contributed by atoms with E-state index in [1.54, 1.807) is 7.11 Å². The summed E-state index contributed by atoms with van der Waals surface area (Å²) < 4.78 is 5.60. The summed E-state index contributed by atoms with van der Waals surface area (Å²) in [6.45, 7) is 2.91. The van der Waals surface area contributed by atoms with Gasteiger partial charge in [0.2, 0.25) is 0 Å². The largest absolute Gasteiger partial charge is 0.493 e. The number of rotatable bonds is 3. The third-order valence-corrected chi connectivity index (χ3v) is 2.78. The van der Waals surface area contributed by atoms with Crippen LogP contribution in [-0.4, -0.2) is 13.7 Å². The number of benzene rings is 1. The highest BCUT2D eigenvalue weighted by Gasteiger charge is 2.21. The molecule has 0 spiro atoms. The predicted molar refractivity (Wildman–Crippen MR) is 58.8 cm³/mol. The van der Waals surface area contributed by atoms with E-state index in [1.807, 2.05) is 0 Å². The van der Waals surface area contributed by atoms with E-state index in [0.717, 1.165) is 25.2 Å². The highest BCUT2D eigenvalue weighted by molar-refractivity contribution is 5.40. The summed E-state index contributed by atoms with van der Waals surface area (Å²) in [6.07, 6.45) is 2.00. The molecule has 3 heteroatoms. The second kappa shape index (κ2) is 4.64. The van der Waals surface area contributed by atoms with Crippen LogP contribution in [0.5, 0.6) is 5.75 Å². The average Bonchev–Trinajstić information content (AvgIpc) is 2.29. The molecule has 0 bridgehead atoms. The minimum absolute atomic E-state index is 0.255. The standard InChI is InChI=1S/C12H17NO2/c1-3-9-4-5-12-10(8-9)11(13-14-2)6-7-15-12/h4-5,8,11,13H,3,6-7H2,1-2H3. The zero-order valence-corrected chi connectivity index (χ0v) is 9.25. The van der Waals surface area contributed by atoms with E-state index < -0.39 is 0 Å². The summed E-state index contributed by atoms with van der Waals surface area (Å²) >= 11 is 0. The van der Waals surface area contributed by atoms with Crippen LogP contribution < -0.4 is 10.2 Å². The number of hydrogen-bond donors (Lipinski definition) is 1. The summed E-state index contributed by atoms with van der Waals surface area (Å²) in [7, 11) is 1.65. The Kier molecular flexibility index (Phi) is 3.23. The van der Waals surface area contributed by atoms with Crippen LogP contribution in [0.4, 0.5) is 0 Å². The van der Waals surface area contributed by atoms with E-state index in [1.165, 1.54) is 11.1 Å². The second-order valence-corrected chi connectivity index (χ2v) is 3.74. The summed E-state index contributed by atoms with van der Waals surface area (Å²) in [4.78, 5) is 5.01. The van der Waals surface area contributed by atoms with Crippen molar-refractivity contribution >= 4 is 0 Å². The van der Waals surface area contributed by atoms with Crippen LogP contribution in [0.25, 0.3) is 0 Å². The van der Waals surface area contributed by atoms with Crippen molar-refractivity contribution in [3.8, 4) is 5.75 Å². The molecule has 0 amide bonds. The second-order valence-electron chi connectivity index (χ2n) is 3.74. The molecule has 15 heavy (non-hydrogen) atoms. The number of ether oxygens (including phenoxy) is 1. The fraction of sp³-hybridized carbons (Fsp3) is 0.500. The number of fused-ring (bicyclic) bond motifs is 1. The Morgan fingerprint density at radius 3 is 3.13 bits per heavy atom. The SMILES string of the molecule is CCc1ccc2c(c1)C(NOC)CCO2. The minimum atomic E-state index is 0.255. The van der Waals surface area contributed by atoms with E-state index in [2.05, 4.69) is 30.6 Å². The zero-order valence-electron chi connectivity index (χ0n) is 9.25. The van der Waals surface area contributed by atoms with Gasteiger partial charge in [0, 0.05) is 12.0 Å². The molecule has 0 saturated heterocycles. The van der Waals surface area contributed by atoms with Crippen molar-refractivity contribution in [2.45, 2.75) is 25.8 Å². The molecule has 0 fully saturated rings. The van der Waals surface area contributed by atoms with E-state index in [9.17, 15) is 0 Å². The molecule has 1 aromatic rings. The molecular weight excluding hydrogens is 190 g/mol. The zero-order chi connectivity index (χ0) is 10.7. The lowest BCUT2D eigenvalue weighted by atomic mass is 9.98. The molecule has 1 N–H and O–H groups in total. The molecule has 3 nitrogen and oxygen atoms in total. The van der Waals surface area contributed by atoms with E-state index in [-0.39, 0.29) is 6.04 Å². The molecule has 1 aliphatic rings. The van der Waals surface area contributed by atoms with Gasteiger partial charge in [-0.15, -0.1) is 0 Å². The van der Waals surface area contributed by atoms with Crippen molar-refractivity contribution in [1.29, 1.82) is 0 Å². The molecular formula is C12H17NO2. The third kappa shape index (κ3) is 2.13. The first kappa shape index (κ1) is 10.5. The molecule has 1 atom stereocenters. The topological polar surface area (TPSA) is 30.5 Å². The van der Waals surface area contributed by atoms with Crippen molar-refractivity contribution in [3.63, 3.8) is 0 Å². The molecule has 0 saturated carbocycles. The first-order chi connectivity index (χ1) is 7.35. The quantitative estimate of drug-likeness (QED) is 0.771. The Bertz CT molecular complexity index is 338. The highest BCUT2D eigenvalue weighted by Crippen LogP contribution is 2.32. The van der Waals surface area contributed by atoms with Gasteiger partial charge in [0.1, 0.15) is 5.75 Å². The molecule has 0 aromatic heterocycles. The molecule has 1 aliphatic heterocycles. The summed E-state index contributed by atoms with van der Waals surface area (Å²) in [5, 5.41) is 0. The molecule has 0 aliphatic carbocycles. The molecule has 1 heterocycles. The van der Waals surface area contributed by atoms with Crippen molar-refractivity contribution in [2.75, 3.05) is 13.7 Å². The Morgan fingerprint density at radius 2 is 2.40 bits per heavy atom. The molecule has 2 rings (SSSR count). The Labute approximate surface area is 90.3 Å². The van der Waals surface area contributed by atoms with Gasteiger partial charge in [-0.25, -0.2) is 0 Å². The van der Waals surface area contributed by atoms with E-state index >= 15 is 0 Å². The summed E-state index contributed by atoms with van der Waals surface area (Å²) in [5.74, 6) is 0.980. The Morgan fingerprint density at radius 1 is 1.53 bits per heavy atom. The average molecular weight is 207 g/mol. The Hall–Kier alpha value is -1.06. The van der Waals surface area contributed by atoms with Crippen LogP contribution in [0.15, 0.2) is 18.2 Å². The van der Waals surface area contributed by atoms with Crippen molar-refractivity contribution < 1.29 is 9.57 Å². The van der Waals surface area contributed by atoms with Crippen LogP contribution in [0, 0.1) is 0 Å². The van der Waals surface area contributed by atoms with Gasteiger partial charge in [0.15, 0.2) is 0 Å². The number of nitrogens with one attached hydrogen (secondary N) is 1. The van der Waals surface area contributed by atoms with Gasteiger partial charge >= 0.3 is 0 Å². The van der Waals surface area contributed by atoms with Gasteiger partial charge in [-0.2, -0.15) is 5.48 Å². The number of hydroxylamine groups is 1. The van der Waals surface area contributed by atoms with Crippen LogP contribution in [0.2, 0.25) is 0 Å². The van der Waals surface area contributed by atoms with E-state index in [0.29, 0.717) is 0 Å². The smallest absolute Gasteiger partial charge is 0.124 e. The first-order valence-corrected chi connectivity index (χ1v) is 5.39. The number of hydrogen-bond acceptors (Lipinski definition) is 3. The lowest BCUT2D eigenvalue weighted by molar-refractivity contribution is 0.0462. The van der Waals surface area contributed by atoms with Crippen molar-refractivity contribution in [2.24, 2.45) is 0 Å². The fourth-order valence-electron chi connectivity index (χ4n) is 1.93. The van der Waals surface area contributed by atoms with Crippen molar-refractivity contribution in [3.05, 3.63) is 29.3 Å². The van der Waals surface area contributed by atoms with Crippen LogP contribution >= 0.6 is 0 Å². The molecule has 0 radical (unpaired) electrons. The summed E-state index contributed by atoms with van der Waals surface area (Å²) in [5.41, 5.74) is 5.56. The maximum absolute atomic E-state index is 5.60. The highest BCUT2D eigenvalue weighted by atomic mass is 16.6. The molecule has 1 aromatic carbocycles. The lowest BCUT2D eigenvalue weighted by Crippen LogP contribution is -2.26.